The minimum absolute atomic E-state index is 0.0375. The molecule has 2 unspecified atom stereocenters. The van der Waals surface area contributed by atoms with Gasteiger partial charge in [0.1, 0.15) is 12.1 Å². The third-order valence-corrected chi connectivity index (χ3v) is 3.79. The molecule has 1 fully saturated rings. The lowest BCUT2D eigenvalue weighted by atomic mass is 9.97. The van der Waals surface area contributed by atoms with Crippen molar-refractivity contribution in [3.05, 3.63) is 29.8 Å². The number of benzene rings is 1. The summed E-state index contributed by atoms with van der Waals surface area (Å²) in [7, 11) is 0. The van der Waals surface area contributed by atoms with Crippen LogP contribution in [0.25, 0.3) is 0 Å². The topological polar surface area (TPSA) is 49.4 Å². The molecule has 2 atom stereocenters. The molecule has 108 valence electrons. The Kier molecular flexibility index (Phi) is 4.12. The number of rotatable bonds is 3. The van der Waals surface area contributed by atoms with Crippen LogP contribution in [0.2, 0.25) is 0 Å². The normalized spacial score (nSPS) is 23.1. The molecule has 0 bridgehead atoms. The van der Waals surface area contributed by atoms with E-state index in [4.69, 9.17) is 0 Å². The Morgan fingerprint density at radius 3 is 2.50 bits per heavy atom. The zero-order chi connectivity index (χ0) is 14.9. The first kappa shape index (κ1) is 14.6. The number of hydrogen-bond acceptors (Lipinski definition) is 2. The first-order valence-corrected chi connectivity index (χ1v) is 7.19. The molecule has 1 aliphatic rings. The van der Waals surface area contributed by atoms with E-state index in [-0.39, 0.29) is 11.8 Å². The summed E-state index contributed by atoms with van der Waals surface area (Å²) in [5, 5.41) is 2.75. The number of amides is 2. The van der Waals surface area contributed by atoms with Crippen LogP contribution < -0.4 is 10.2 Å². The van der Waals surface area contributed by atoms with E-state index < -0.39 is 12.1 Å². The predicted molar refractivity (Wildman–Crippen MR) is 79.7 cm³/mol. The number of piperazine rings is 1. The SMILES string of the molecule is CCC1C(=O)NC(C)C(=O)N1c1ccccc1C(C)C. The fourth-order valence-electron chi connectivity index (χ4n) is 2.70. The minimum atomic E-state index is -0.467. The molecule has 1 saturated heterocycles. The molecule has 4 heteroatoms. The molecule has 0 aliphatic carbocycles. The van der Waals surface area contributed by atoms with E-state index in [1.165, 1.54) is 0 Å². The number of para-hydroxylation sites is 1. The highest BCUT2D eigenvalue weighted by Crippen LogP contribution is 2.31. The van der Waals surface area contributed by atoms with Gasteiger partial charge in [0.25, 0.3) is 0 Å². The van der Waals surface area contributed by atoms with Crippen LogP contribution in [0.4, 0.5) is 5.69 Å². The van der Waals surface area contributed by atoms with Crippen molar-refractivity contribution in [1.82, 2.24) is 5.32 Å². The van der Waals surface area contributed by atoms with Crippen molar-refractivity contribution in [3.63, 3.8) is 0 Å². The number of nitrogens with one attached hydrogen (secondary N) is 1. The molecule has 1 aromatic carbocycles. The van der Waals surface area contributed by atoms with Crippen LogP contribution in [0.5, 0.6) is 0 Å². The Labute approximate surface area is 120 Å². The van der Waals surface area contributed by atoms with Gasteiger partial charge < -0.3 is 5.32 Å². The molecule has 0 spiro atoms. The molecule has 4 nitrogen and oxygen atoms in total. The smallest absolute Gasteiger partial charge is 0.250 e. The summed E-state index contributed by atoms with van der Waals surface area (Å²) < 4.78 is 0. The molecular formula is C16H22N2O2. The zero-order valence-electron chi connectivity index (χ0n) is 12.5. The first-order chi connectivity index (χ1) is 9.47. The van der Waals surface area contributed by atoms with E-state index in [2.05, 4.69) is 19.2 Å². The fourth-order valence-corrected chi connectivity index (χ4v) is 2.70. The predicted octanol–water partition coefficient (Wildman–Crippen LogP) is 2.44. The van der Waals surface area contributed by atoms with Gasteiger partial charge in [0.15, 0.2) is 0 Å². The summed E-state index contributed by atoms with van der Waals surface area (Å²) in [6.45, 7) is 7.85. The van der Waals surface area contributed by atoms with Crippen LogP contribution in [0.1, 0.15) is 45.6 Å². The standard InChI is InChI=1S/C16H22N2O2/c1-5-13-15(19)17-11(4)16(20)18(13)14-9-7-6-8-12(14)10(2)3/h6-11,13H,5H2,1-4H3,(H,17,19). The van der Waals surface area contributed by atoms with Crippen LogP contribution in [0, 0.1) is 0 Å². The van der Waals surface area contributed by atoms with Gasteiger partial charge in [-0.25, -0.2) is 0 Å². The maximum Gasteiger partial charge on any atom is 0.250 e. The van der Waals surface area contributed by atoms with Crippen LogP contribution in [-0.4, -0.2) is 23.9 Å². The van der Waals surface area contributed by atoms with E-state index in [0.717, 1.165) is 11.3 Å². The Morgan fingerprint density at radius 1 is 1.25 bits per heavy atom. The van der Waals surface area contributed by atoms with Gasteiger partial charge in [-0.15, -0.1) is 0 Å². The maximum absolute atomic E-state index is 12.5. The van der Waals surface area contributed by atoms with Crippen LogP contribution in [0.15, 0.2) is 24.3 Å². The number of hydrogen-bond donors (Lipinski definition) is 1. The maximum atomic E-state index is 12.5. The van der Waals surface area contributed by atoms with E-state index in [0.29, 0.717) is 12.3 Å². The molecule has 2 amide bonds. The van der Waals surface area contributed by atoms with Gasteiger partial charge in [0.2, 0.25) is 11.8 Å². The molecule has 1 aromatic rings. The number of anilines is 1. The van der Waals surface area contributed by atoms with Crippen molar-refractivity contribution < 1.29 is 9.59 Å². The van der Waals surface area contributed by atoms with Gasteiger partial charge in [-0.3, -0.25) is 14.5 Å². The van der Waals surface area contributed by atoms with Crippen molar-refractivity contribution in [2.45, 2.75) is 52.1 Å². The highest BCUT2D eigenvalue weighted by Gasteiger charge is 2.39. The third-order valence-electron chi connectivity index (χ3n) is 3.79. The molecule has 1 aliphatic heterocycles. The second-order valence-electron chi connectivity index (χ2n) is 5.58. The Morgan fingerprint density at radius 2 is 1.90 bits per heavy atom. The molecule has 20 heavy (non-hydrogen) atoms. The molecule has 1 heterocycles. The highest BCUT2D eigenvalue weighted by atomic mass is 16.2. The van der Waals surface area contributed by atoms with Gasteiger partial charge in [0, 0.05) is 5.69 Å². The lowest BCUT2D eigenvalue weighted by molar-refractivity contribution is -0.133. The van der Waals surface area contributed by atoms with E-state index in [1.807, 2.05) is 31.2 Å². The van der Waals surface area contributed by atoms with Crippen LogP contribution >= 0.6 is 0 Å². The van der Waals surface area contributed by atoms with Crippen molar-refractivity contribution >= 4 is 17.5 Å². The van der Waals surface area contributed by atoms with Crippen molar-refractivity contribution in [2.24, 2.45) is 0 Å². The van der Waals surface area contributed by atoms with Crippen LogP contribution in [-0.2, 0) is 9.59 Å². The van der Waals surface area contributed by atoms with Gasteiger partial charge in [-0.1, -0.05) is 39.0 Å². The summed E-state index contributed by atoms with van der Waals surface area (Å²) in [6, 6.07) is 6.96. The number of carbonyl (C=O) groups excluding carboxylic acids is 2. The lowest BCUT2D eigenvalue weighted by Crippen LogP contribution is -2.62. The number of carbonyl (C=O) groups is 2. The second kappa shape index (κ2) is 5.65. The van der Waals surface area contributed by atoms with Crippen molar-refractivity contribution in [3.8, 4) is 0 Å². The molecule has 1 N–H and O–H groups in total. The summed E-state index contributed by atoms with van der Waals surface area (Å²) in [4.78, 5) is 26.3. The van der Waals surface area contributed by atoms with Crippen molar-refractivity contribution in [2.75, 3.05) is 4.90 Å². The highest BCUT2D eigenvalue weighted by molar-refractivity contribution is 6.08. The molecule has 2 rings (SSSR count). The molecular weight excluding hydrogens is 252 g/mol. The summed E-state index contributed by atoms with van der Waals surface area (Å²) in [5.41, 5.74) is 1.96. The van der Waals surface area contributed by atoms with Gasteiger partial charge in [-0.05, 0) is 30.9 Å². The van der Waals surface area contributed by atoms with Gasteiger partial charge >= 0.3 is 0 Å². The Balaban J connectivity index is 2.52. The van der Waals surface area contributed by atoms with E-state index in [9.17, 15) is 9.59 Å². The third kappa shape index (κ3) is 2.42. The second-order valence-corrected chi connectivity index (χ2v) is 5.58. The number of nitrogens with zero attached hydrogens (tertiary/aromatic N) is 1. The monoisotopic (exact) mass is 274 g/mol. The fraction of sp³-hybridized carbons (Fsp3) is 0.500. The summed E-state index contributed by atoms with van der Waals surface area (Å²) >= 11 is 0. The zero-order valence-corrected chi connectivity index (χ0v) is 12.5. The minimum Gasteiger partial charge on any atom is -0.343 e. The molecule has 0 aromatic heterocycles. The van der Waals surface area contributed by atoms with Crippen LogP contribution in [0.3, 0.4) is 0 Å². The Bertz CT molecular complexity index is 525. The first-order valence-electron chi connectivity index (χ1n) is 7.19. The quantitative estimate of drug-likeness (QED) is 0.920. The Hall–Kier alpha value is -1.84. The van der Waals surface area contributed by atoms with Gasteiger partial charge in [0.05, 0.1) is 0 Å². The van der Waals surface area contributed by atoms with E-state index >= 15 is 0 Å². The van der Waals surface area contributed by atoms with Crippen molar-refractivity contribution in [1.29, 1.82) is 0 Å². The summed E-state index contributed by atoms with van der Waals surface area (Å²) in [6.07, 6.45) is 0.608. The largest absolute Gasteiger partial charge is 0.343 e. The summed E-state index contributed by atoms with van der Waals surface area (Å²) in [5.74, 6) is 0.194. The average molecular weight is 274 g/mol. The molecule has 0 radical (unpaired) electrons. The lowest BCUT2D eigenvalue weighted by Gasteiger charge is -2.38. The molecule has 0 saturated carbocycles. The van der Waals surface area contributed by atoms with E-state index in [1.54, 1.807) is 11.8 Å². The average Bonchev–Trinajstić information content (AvgIpc) is 2.42. The van der Waals surface area contributed by atoms with Gasteiger partial charge in [-0.2, -0.15) is 0 Å².